The van der Waals surface area contributed by atoms with E-state index >= 15 is 0 Å². The van der Waals surface area contributed by atoms with Crippen LogP contribution in [0.15, 0.2) is 21.3 Å². The number of nitrogen functional groups attached to an aromatic ring is 1. The predicted octanol–water partition coefficient (Wildman–Crippen LogP) is 2.76. The third kappa shape index (κ3) is 4.63. The van der Waals surface area contributed by atoms with E-state index < -0.39 is 0 Å². The maximum Gasteiger partial charge on any atom is 0.158 e. The Bertz CT molecular complexity index is 592. The van der Waals surface area contributed by atoms with Crippen molar-refractivity contribution in [3.05, 3.63) is 32.7 Å². The largest absolute Gasteiger partial charge is 0.374 e. The average Bonchev–Trinajstić information content (AvgIpc) is 2.89. The van der Waals surface area contributed by atoms with Crippen molar-refractivity contribution in [2.45, 2.75) is 20.1 Å². The van der Waals surface area contributed by atoms with E-state index in [1.54, 1.807) is 11.3 Å². The third-order valence-corrected chi connectivity index (χ3v) is 4.33. The number of hydrogen-bond acceptors (Lipinski definition) is 7. The van der Waals surface area contributed by atoms with Crippen LogP contribution < -0.4 is 16.2 Å². The smallest absolute Gasteiger partial charge is 0.158 e. The molecular formula is C13H18BrN5OS. The van der Waals surface area contributed by atoms with E-state index in [4.69, 9.17) is 10.6 Å². The van der Waals surface area contributed by atoms with Gasteiger partial charge in [0.15, 0.2) is 5.82 Å². The topological polar surface area (TPSA) is 76.3 Å². The lowest BCUT2D eigenvalue weighted by Crippen LogP contribution is -2.20. The van der Waals surface area contributed by atoms with Crippen molar-refractivity contribution in [2.75, 3.05) is 24.0 Å². The molecule has 21 heavy (non-hydrogen) atoms. The van der Waals surface area contributed by atoms with Crippen LogP contribution in [0.5, 0.6) is 0 Å². The highest BCUT2D eigenvalue weighted by Gasteiger charge is 2.10. The minimum atomic E-state index is 0.372. The van der Waals surface area contributed by atoms with Gasteiger partial charge in [0.25, 0.3) is 0 Å². The minimum Gasteiger partial charge on any atom is -0.374 e. The van der Waals surface area contributed by atoms with Gasteiger partial charge in [-0.15, -0.1) is 11.3 Å². The Balaban J connectivity index is 2.16. The summed E-state index contributed by atoms with van der Waals surface area (Å²) in [6.45, 7) is 3.69. The summed E-state index contributed by atoms with van der Waals surface area (Å²) in [5.74, 6) is 7.46. The van der Waals surface area contributed by atoms with E-state index in [0.29, 0.717) is 24.9 Å². The molecule has 0 atom stereocenters. The number of nitrogens with one attached hydrogen (secondary N) is 1. The number of rotatable bonds is 7. The molecule has 0 amide bonds. The zero-order valence-electron chi connectivity index (χ0n) is 12.0. The fourth-order valence-electron chi connectivity index (χ4n) is 1.79. The van der Waals surface area contributed by atoms with Crippen LogP contribution in [-0.4, -0.2) is 23.6 Å². The van der Waals surface area contributed by atoms with Gasteiger partial charge < -0.3 is 15.1 Å². The third-order valence-electron chi connectivity index (χ3n) is 2.77. The molecule has 0 bridgehead atoms. The molecule has 2 rings (SSSR count). The second-order valence-electron chi connectivity index (χ2n) is 4.42. The van der Waals surface area contributed by atoms with Gasteiger partial charge in [-0.05, 0) is 39.9 Å². The van der Waals surface area contributed by atoms with Gasteiger partial charge >= 0.3 is 0 Å². The molecule has 6 nitrogen and oxygen atoms in total. The van der Waals surface area contributed by atoms with Crippen molar-refractivity contribution in [3.63, 3.8) is 0 Å². The molecule has 2 aromatic heterocycles. The average molecular weight is 372 g/mol. The summed E-state index contributed by atoms with van der Waals surface area (Å²) in [5, 5.41) is 2.12. The molecule has 0 saturated heterocycles. The first-order chi connectivity index (χ1) is 10.1. The van der Waals surface area contributed by atoms with Crippen LogP contribution in [0.2, 0.25) is 0 Å². The summed E-state index contributed by atoms with van der Waals surface area (Å²) in [4.78, 5) is 10.8. The Morgan fingerprint density at radius 3 is 2.86 bits per heavy atom. The molecule has 114 valence electrons. The van der Waals surface area contributed by atoms with Gasteiger partial charge in [-0.2, -0.15) is 0 Å². The predicted molar refractivity (Wildman–Crippen MR) is 89.3 cm³/mol. The first-order valence-electron chi connectivity index (χ1n) is 6.48. The van der Waals surface area contributed by atoms with E-state index in [0.717, 1.165) is 16.1 Å². The number of hydrazine groups is 1. The van der Waals surface area contributed by atoms with Crippen LogP contribution in [0, 0.1) is 0 Å². The summed E-state index contributed by atoms with van der Waals surface area (Å²) in [6.07, 6.45) is 0. The fraction of sp³-hybridized carbons (Fsp3) is 0.385. The number of ether oxygens (including phenoxy) is 1. The molecule has 0 fully saturated rings. The zero-order chi connectivity index (χ0) is 15.2. The Morgan fingerprint density at radius 2 is 2.24 bits per heavy atom. The maximum absolute atomic E-state index is 5.47. The van der Waals surface area contributed by atoms with Crippen molar-refractivity contribution in [1.29, 1.82) is 0 Å². The second-order valence-corrected chi connectivity index (χ2v) is 6.71. The van der Waals surface area contributed by atoms with E-state index in [1.165, 1.54) is 5.56 Å². The quantitative estimate of drug-likeness (QED) is 0.575. The SMILES string of the molecule is CCOCc1nc(NN)cc(N(C)Cc2csc(Br)c2)n1. The zero-order valence-corrected chi connectivity index (χ0v) is 14.4. The molecule has 0 spiro atoms. The Kier molecular flexibility index (Phi) is 5.92. The summed E-state index contributed by atoms with van der Waals surface area (Å²) in [6, 6.07) is 3.92. The van der Waals surface area contributed by atoms with Gasteiger partial charge in [-0.25, -0.2) is 15.8 Å². The Hall–Kier alpha value is -1.22. The standard InChI is InChI=1S/C13H18BrN5OS/c1-3-20-7-12-16-11(18-15)5-13(17-12)19(2)6-9-4-10(14)21-8-9/h4-5,8H,3,6-7,15H2,1-2H3,(H,16,17,18). The lowest BCUT2D eigenvalue weighted by Gasteiger charge is -2.19. The summed E-state index contributed by atoms with van der Waals surface area (Å²) in [5.41, 5.74) is 3.79. The molecule has 2 heterocycles. The molecule has 0 unspecified atom stereocenters. The first kappa shape index (κ1) is 16.2. The highest BCUT2D eigenvalue weighted by atomic mass is 79.9. The number of aromatic nitrogens is 2. The van der Waals surface area contributed by atoms with Crippen LogP contribution in [-0.2, 0) is 17.9 Å². The lowest BCUT2D eigenvalue weighted by molar-refractivity contribution is 0.128. The number of nitrogens with two attached hydrogens (primary N) is 1. The molecule has 3 N–H and O–H groups in total. The van der Waals surface area contributed by atoms with E-state index in [-0.39, 0.29) is 0 Å². The van der Waals surface area contributed by atoms with E-state index in [2.05, 4.69) is 42.8 Å². The van der Waals surface area contributed by atoms with Crippen molar-refractivity contribution in [2.24, 2.45) is 5.84 Å². The minimum absolute atomic E-state index is 0.372. The molecule has 0 saturated carbocycles. The van der Waals surface area contributed by atoms with E-state index in [1.807, 2.05) is 24.9 Å². The van der Waals surface area contributed by atoms with Crippen LogP contribution in [0.4, 0.5) is 11.6 Å². The van der Waals surface area contributed by atoms with Gasteiger partial charge in [-0.1, -0.05) is 0 Å². The van der Waals surface area contributed by atoms with Gasteiger partial charge in [0.2, 0.25) is 0 Å². The normalized spacial score (nSPS) is 10.7. The molecule has 0 aliphatic heterocycles. The fourth-order valence-corrected chi connectivity index (χ4v) is 2.99. The summed E-state index contributed by atoms with van der Waals surface area (Å²) in [7, 11) is 1.98. The van der Waals surface area contributed by atoms with E-state index in [9.17, 15) is 0 Å². The molecular weight excluding hydrogens is 354 g/mol. The number of hydrogen-bond donors (Lipinski definition) is 2. The number of anilines is 2. The maximum atomic E-state index is 5.47. The van der Waals surface area contributed by atoms with Crippen molar-refractivity contribution < 1.29 is 4.74 Å². The summed E-state index contributed by atoms with van der Waals surface area (Å²) >= 11 is 5.14. The Morgan fingerprint density at radius 1 is 1.43 bits per heavy atom. The molecule has 0 aromatic carbocycles. The van der Waals surface area contributed by atoms with Crippen LogP contribution in [0.1, 0.15) is 18.3 Å². The molecule has 0 radical (unpaired) electrons. The highest BCUT2D eigenvalue weighted by molar-refractivity contribution is 9.11. The first-order valence-corrected chi connectivity index (χ1v) is 8.16. The van der Waals surface area contributed by atoms with Crippen molar-refractivity contribution in [1.82, 2.24) is 9.97 Å². The van der Waals surface area contributed by atoms with Crippen molar-refractivity contribution in [3.8, 4) is 0 Å². The molecule has 0 aliphatic rings. The van der Waals surface area contributed by atoms with Crippen molar-refractivity contribution >= 4 is 38.9 Å². The van der Waals surface area contributed by atoms with Crippen LogP contribution >= 0.6 is 27.3 Å². The number of thiophene rings is 1. The van der Waals surface area contributed by atoms with Gasteiger partial charge in [-0.3, -0.25) is 0 Å². The lowest BCUT2D eigenvalue weighted by atomic mass is 10.3. The monoisotopic (exact) mass is 371 g/mol. The molecule has 0 aliphatic carbocycles. The number of nitrogens with zero attached hydrogens (tertiary/aromatic N) is 3. The summed E-state index contributed by atoms with van der Waals surface area (Å²) < 4.78 is 6.48. The van der Waals surface area contributed by atoms with Gasteiger partial charge in [0.05, 0.1) is 3.79 Å². The van der Waals surface area contributed by atoms with Crippen LogP contribution in [0.3, 0.4) is 0 Å². The Labute approximate surface area is 136 Å². The molecule has 8 heteroatoms. The molecule has 2 aromatic rings. The van der Waals surface area contributed by atoms with Gasteiger partial charge in [0, 0.05) is 26.3 Å². The van der Waals surface area contributed by atoms with Gasteiger partial charge in [0.1, 0.15) is 18.2 Å². The van der Waals surface area contributed by atoms with Crippen LogP contribution in [0.25, 0.3) is 0 Å². The highest BCUT2D eigenvalue weighted by Crippen LogP contribution is 2.23. The second kappa shape index (κ2) is 7.69. The number of halogens is 1.